The van der Waals surface area contributed by atoms with Gasteiger partial charge in [-0.3, -0.25) is 9.69 Å². The van der Waals surface area contributed by atoms with Gasteiger partial charge in [0.25, 0.3) is 0 Å². The first-order valence-electron chi connectivity index (χ1n) is 6.73. The van der Waals surface area contributed by atoms with E-state index in [9.17, 15) is 13.2 Å². The number of sulfone groups is 1. The molecular weight excluding hydrogens is 280 g/mol. The van der Waals surface area contributed by atoms with Crippen LogP contribution in [0.3, 0.4) is 0 Å². The lowest BCUT2D eigenvalue weighted by Gasteiger charge is -2.27. The monoisotopic (exact) mass is 302 g/mol. The number of hydrogen-bond acceptors (Lipinski definition) is 5. The number of nitriles is 1. The first-order valence-corrected chi connectivity index (χ1v) is 8.55. The van der Waals surface area contributed by atoms with E-state index in [1.807, 2.05) is 13.8 Å². The van der Waals surface area contributed by atoms with Crippen molar-refractivity contribution in [2.75, 3.05) is 24.6 Å². The topological polar surface area (TPSA) is 98.5 Å². The van der Waals surface area contributed by atoms with Crippen molar-refractivity contribution in [3.8, 4) is 6.07 Å². The average molecular weight is 302 g/mol. The third kappa shape index (κ3) is 5.47. The molecule has 1 fully saturated rings. The minimum absolute atomic E-state index is 0.0436. The highest BCUT2D eigenvalue weighted by Crippen LogP contribution is 2.23. The Morgan fingerprint density at radius 1 is 1.50 bits per heavy atom. The first kappa shape index (κ1) is 16.9. The van der Waals surface area contributed by atoms with Crippen LogP contribution in [0, 0.1) is 16.7 Å². The number of aliphatic carboxylic acids is 1. The summed E-state index contributed by atoms with van der Waals surface area (Å²) in [6, 6.07) is 2.00. The van der Waals surface area contributed by atoms with E-state index < -0.39 is 21.2 Å². The van der Waals surface area contributed by atoms with Crippen LogP contribution >= 0.6 is 0 Å². The third-order valence-electron chi connectivity index (χ3n) is 3.61. The fourth-order valence-corrected chi connectivity index (χ4v) is 4.17. The van der Waals surface area contributed by atoms with Crippen molar-refractivity contribution >= 4 is 15.8 Å². The lowest BCUT2D eigenvalue weighted by atomic mass is 9.89. The summed E-state index contributed by atoms with van der Waals surface area (Å²) in [6.45, 7) is 4.05. The minimum Gasteiger partial charge on any atom is -0.480 e. The molecule has 0 amide bonds. The smallest absolute Gasteiger partial charge is 0.317 e. The Morgan fingerprint density at radius 2 is 2.15 bits per heavy atom. The van der Waals surface area contributed by atoms with Crippen LogP contribution in [0.2, 0.25) is 0 Å². The van der Waals surface area contributed by atoms with E-state index in [4.69, 9.17) is 10.4 Å². The van der Waals surface area contributed by atoms with Gasteiger partial charge in [0.15, 0.2) is 9.84 Å². The van der Waals surface area contributed by atoms with Crippen molar-refractivity contribution in [2.24, 2.45) is 5.41 Å². The summed E-state index contributed by atoms with van der Waals surface area (Å²) in [6.07, 6.45) is 1.85. The van der Waals surface area contributed by atoms with Gasteiger partial charge in [0.05, 0.1) is 29.5 Å². The molecule has 1 atom stereocenters. The minimum atomic E-state index is -3.02. The molecule has 0 aromatic carbocycles. The van der Waals surface area contributed by atoms with Crippen molar-refractivity contribution in [3.05, 3.63) is 0 Å². The molecule has 0 aromatic heterocycles. The zero-order valence-corrected chi connectivity index (χ0v) is 12.8. The van der Waals surface area contributed by atoms with Crippen LogP contribution < -0.4 is 0 Å². The van der Waals surface area contributed by atoms with Crippen LogP contribution in [0.15, 0.2) is 0 Å². The molecule has 1 N–H and O–H groups in total. The zero-order valence-electron chi connectivity index (χ0n) is 12.0. The largest absolute Gasteiger partial charge is 0.480 e. The van der Waals surface area contributed by atoms with E-state index in [1.165, 1.54) is 0 Å². The highest BCUT2D eigenvalue weighted by atomic mass is 32.2. The average Bonchev–Trinajstić information content (AvgIpc) is 2.68. The normalized spacial score (nSPS) is 21.8. The lowest BCUT2D eigenvalue weighted by Crippen LogP contribution is -2.40. The molecule has 0 radical (unpaired) electrons. The molecular formula is C13H22N2O4S. The van der Waals surface area contributed by atoms with Gasteiger partial charge in [0.1, 0.15) is 0 Å². The molecule has 0 aliphatic carbocycles. The quantitative estimate of drug-likeness (QED) is 0.750. The number of carboxylic acids is 1. The molecule has 1 aliphatic rings. The van der Waals surface area contributed by atoms with Gasteiger partial charge in [-0.25, -0.2) is 8.42 Å². The summed E-state index contributed by atoms with van der Waals surface area (Å²) >= 11 is 0. The van der Waals surface area contributed by atoms with E-state index in [-0.39, 0.29) is 24.1 Å². The molecule has 1 rings (SSSR count). The lowest BCUT2D eigenvalue weighted by molar-refractivity contribution is -0.138. The SMILES string of the molecule is CC(C)(C#N)CCCN(CC(=O)O)C1CCS(=O)(=O)C1. The predicted molar refractivity (Wildman–Crippen MR) is 74.9 cm³/mol. The van der Waals surface area contributed by atoms with Crippen molar-refractivity contribution in [3.63, 3.8) is 0 Å². The van der Waals surface area contributed by atoms with Crippen LogP contribution in [0.1, 0.15) is 33.1 Å². The van der Waals surface area contributed by atoms with Crippen LogP contribution in [-0.4, -0.2) is 55.0 Å². The fraction of sp³-hybridized carbons (Fsp3) is 0.846. The first-order chi connectivity index (χ1) is 9.15. The van der Waals surface area contributed by atoms with Crippen LogP contribution in [0.4, 0.5) is 0 Å². The van der Waals surface area contributed by atoms with E-state index >= 15 is 0 Å². The number of nitrogens with zero attached hydrogens (tertiary/aromatic N) is 2. The molecule has 1 aliphatic heterocycles. The Labute approximate surface area is 120 Å². The fourth-order valence-electron chi connectivity index (χ4n) is 2.41. The summed E-state index contributed by atoms with van der Waals surface area (Å²) in [5, 5.41) is 17.9. The molecule has 0 bridgehead atoms. The third-order valence-corrected chi connectivity index (χ3v) is 5.36. The highest BCUT2D eigenvalue weighted by Gasteiger charge is 2.33. The number of carbonyl (C=O) groups is 1. The van der Waals surface area contributed by atoms with Crippen LogP contribution in [-0.2, 0) is 14.6 Å². The Kier molecular flexibility index (Phi) is 5.54. The second-order valence-electron chi connectivity index (χ2n) is 6.02. The van der Waals surface area contributed by atoms with Gasteiger partial charge in [-0.05, 0) is 39.7 Å². The van der Waals surface area contributed by atoms with E-state index in [2.05, 4.69) is 6.07 Å². The Bertz CT molecular complexity index is 493. The molecule has 0 spiro atoms. The Hall–Kier alpha value is -1.13. The highest BCUT2D eigenvalue weighted by molar-refractivity contribution is 7.91. The summed E-state index contributed by atoms with van der Waals surface area (Å²) in [4.78, 5) is 12.6. The molecule has 1 unspecified atom stereocenters. The summed E-state index contributed by atoms with van der Waals surface area (Å²) in [5.41, 5.74) is -0.434. The molecule has 1 saturated heterocycles. The van der Waals surface area contributed by atoms with E-state index in [1.54, 1.807) is 4.90 Å². The summed E-state index contributed by atoms with van der Waals surface area (Å²) in [5.74, 6) is -0.770. The van der Waals surface area contributed by atoms with Gasteiger partial charge in [-0.2, -0.15) is 5.26 Å². The molecule has 114 valence electrons. The molecule has 0 aromatic rings. The summed E-state index contributed by atoms with van der Waals surface area (Å²) < 4.78 is 23.0. The van der Waals surface area contributed by atoms with Crippen molar-refractivity contribution < 1.29 is 18.3 Å². The van der Waals surface area contributed by atoms with E-state index in [0.717, 1.165) is 0 Å². The van der Waals surface area contributed by atoms with Crippen LogP contribution in [0.5, 0.6) is 0 Å². The molecule has 20 heavy (non-hydrogen) atoms. The van der Waals surface area contributed by atoms with Gasteiger partial charge in [-0.1, -0.05) is 0 Å². The van der Waals surface area contributed by atoms with Gasteiger partial charge < -0.3 is 5.11 Å². The maximum atomic E-state index is 11.5. The predicted octanol–water partition coefficient (Wildman–Crippen LogP) is 0.890. The van der Waals surface area contributed by atoms with Crippen molar-refractivity contribution in [1.29, 1.82) is 5.26 Å². The van der Waals surface area contributed by atoms with Gasteiger partial charge in [-0.15, -0.1) is 0 Å². The number of hydrogen-bond donors (Lipinski definition) is 1. The molecule has 7 heteroatoms. The number of rotatable bonds is 7. The van der Waals surface area contributed by atoms with Gasteiger partial charge in [0, 0.05) is 6.04 Å². The van der Waals surface area contributed by atoms with Crippen molar-refractivity contribution in [1.82, 2.24) is 4.90 Å². The molecule has 6 nitrogen and oxygen atoms in total. The number of carboxylic acid groups (broad SMARTS) is 1. The second kappa shape index (κ2) is 6.55. The molecule has 1 heterocycles. The Morgan fingerprint density at radius 3 is 2.60 bits per heavy atom. The van der Waals surface area contributed by atoms with E-state index in [0.29, 0.717) is 25.8 Å². The standard InChI is InChI=1S/C13H22N2O4S/c1-13(2,10-14)5-3-6-15(8-12(16)17)11-4-7-20(18,19)9-11/h11H,3-9H2,1-2H3,(H,16,17). The zero-order chi connectivity index (χ0) is 15.4. The van der Waals surface area contributed by atoms with Gasteiger partial charge >= 0.3 is 5.97 Å². The maximum Gasteiger partial charge on any atom is 0.317 e. The van der Waals surface area contributed by atoms with Gasteiger partial charge in [0.2, 0.25) is 0 Å². The van der Waals surface area contributed by atoms with Crippen LogP contribution in [0.25, 0.3) is 0 Å². The maximum absolute atomic E-state index is 11.5. The van der Waals surface area contributed by atoms with Crippen molar-refractivity contribution in [2.45, 2.75) is 39.2 Å². The second-order valence-corrected chi connectivity index (χ2v) is 8.25. The molecule has 0 saturated carbocycles. The summed E-state index contributed by atoms with van der Waals surface area (Å²) in [7, 11) is -3.02. The Balaban J connectivity index is 2.58.